The minimum Gasteiger partial charge on any atom is -0.497 e. The molecule has 1 N–H and O–H groups in total. The van der Waals surface area contributed by atoms with Crippen molar-refractivity contribution in [2.24, 2.45) is 0 Å². The lowest BCUT2D eigenvalue weighted by Crippen LogP contribution is -2.17. The summed E-state index contributed by atoms with van der Waals surface area (Å²) in [6.45, 7) is 6.27. The van der Waals surface area contributed by atoms with Crippen LogP contribution < -0.4 is 10.1 Å². The van der Waals surface area contributed by atoms with Gasteiger partial charge in [-0.05, 0) is 61.2 Å². The van der Waals surface area contributed by atoms with Crippen LogP contribution >= 0.6 is 0 Å². The second-order valence-corrected chi connectivity index (χ2v) is 5.13. The van der Waals surface area contributed by atoms with Gasteiger partial charge in [0.25, 0.3) is 0 Å². The predicted octanol–water partition coefficient (Wildman–Crippen LogP) is 3.64. The molecule has 106 valence electrons. The van der Waals surface area contributed by atoms with Gasteiger partial charge in [-0.2, -0.15) is 0 Å². The zero-order chi connectivity index (χ0) is 14.4. The highest BCUT2D eigenvalue weighted by molar-refractivity contribution is 5.33. The number of rotatable bonds is 6. The Morgan fingerprint density at radius 2 is 1.75 bits per heavy atom. The number of ether oxygens (including phenoxy) is 1. The van der Waals surface area contributed by atoms with Crippen LogP contribution in [0.5, 0.6) is 5.75 Å². The fourth-order valence-electron chi connectivity index (χ4n) is 2.25. The fraction of sp³-hybridized carbons (Fsp3) is 0.333. The summed E-state index contributed by atoms with van der Waals surface area (Å²) in [7, 11) is 1.70. The van der Waals surface area contributed by atoms with Gasteiger partial charge in [-0.15, -0.1) is 0 Å². The summed E-state index contributed by atoms with van der Waals surface area (Å²) in [4.78, 5) is 0. The van der Waals surface area contributed by atoms with Crippen LogP contribution in [0.1, 0.15) is 22.3 Å². The summed E-state index contributed by atoms with van der Waals surface area (Å²) >= 11 is 0. The molecule has 2 rings (SSSR count). The zero-order valence-electron chi connectivity index (χ0n) is 12.6. The van der Waals surface area contributed by atoms with E-state index in [1.807, 2.05) is 12.1 Å². The maximum absolute atomic E-state index is 5.16. The van der Waals surface area contributed by atoms with E-state index in [1.165, 1.54) is 22.3 Å². The van der Waals surface area contributed by atoms with E-state index in [0.29, 0.717) is 0 Å². The zero-order valence-corrected chi connectivity index (χ0v) is 12.6. The first kappa shape index (κ1) is 14.6. The van der Waals surface area contributed by atoms with Gasteiger partial charge < -0.3 is 10.1 Å². The number of benzene rings is 2. The molecule has 0 aliphatic rings. The summed E-state index contributed by atoms with van der Waals surface area (Å²) in [6, 6.07) is 14.8. The maximum atomic E-state index is 5.16. The molecule has 0 spiro atoms. The van der Waals surface area contributed by atoms with Crippen molar-refractivity contribution >= 4 is 0 Å². The van der Waals surface area contributed by atoms with Crippen molar-refractivity contribution in [3.63, 3.8) is 0 Å². The van der Waals surface area contributed by atoms with Gasteiger partial charge in [0.05, 0.1) is 7.11 Å². The van der Waals surface area contributed by atoms with Crippen LogP contribution in [0.2, 0.25) is 0 Å². The topological polar surface area (TPSA) is 21.3 Å². The van der Waals surface area contributed by atoms with E-state index in [1.54, 1.807) is 7.11 Å². The first-order chi connectivity index (χ1) is 9.70. The van der Waals surface area contributed by atoms with Crippen LogP contribution in [0.15, 0.2) is 42.5 Å². The summed E-state index contributed by atoms with van der Waals surface area (Å²) in [5.74, 6) is 0.914. The van der Waals surface area contributed by atoms with E-state index < -0.39 is 0 Å². The third-order valence-electron chi connectivity index (χ3n) is 3.78. The molecule has 0 aliphatic heterocycles. The van der Waals surface area contributed by atoms with Gasteiger partial charge in [0.15, 0.2) is 0 Å². The van der Waals surface area contributed by atoms with Gasteiger partial charge in [-0.1, -0.05) is 30.3 Å². The smallest absolute Gasteiger partial charge is 0.118 e. The molecule has 0 saturated carbocycles. The molecule has 2 aromatic carbocycles. The molecule has 0 heterocycles. The Bertz CT molecular complexity index is 546. The lowest BCUT2D eigenvalue weighted by Gasteiger charge is -2.10. The molecule has 0 amide bonds. The Labute approximate surface area is 121 Å². The monoisotopic (exact) mass is 269 g/mol. The minimum absolute atomic E-state index is 0.914. The average molecular weight is 269 g/mol. The van der Waals surface area contributed by atoms with Crippen molar-refractivity contribution in [2.75, 3.05) is 13.7 Å². The number of aryl methyl sites for hydroxylation is 1. The Balaban J connectivity index is 1.80. The molecular weight excluding hydrogens is 246 g/mol. The lowest BCUT2D eigenvalue weighted by atomic mass is 10.0. The van der Waals surface area contributed by atoms with E-state index in [2.05, 4.69) is 49.5 Å². The SMILES string of the molecule is COc1ccc(CCNCc2cccc(C)c2C)cc1. The molecule has 0 aliphatic carbocycles. The van der Waals surface area contributed by atoms with Gasteiger partial charge in [0.2, 0.25) is 0 Å². The standard InChI is InChI=1S/C18H23NO/c1-14-5-4-6-17(15(14)2)13-19-12-11-16-7-9-18(20-3)10-8-16/h4-10,19H,11-13H2,1-3H3. The Morgan fingerprint density at radius 1 is 1.00 bits per heavy atom. The Kier molecular flexibility index (Phi) is 5.19. The van der Waals surface area contributed by atoms with Crippen molar-refractivity contribution in [2.45, 2.75) is 26.8 Å². The van der Waals surface area contributed by atoms with E-state index >= 15 is 0 Å². The van der Waals surface area contributed by atoms with E-state index in [-0.39, 0.29) is 0 Å². The molecule has 0 aromatic heterocycles. The molecule has 0 fully saturated rings. The largest absolute Gasteiger partial charge is 0.497 e. The average Bonchev–Trinajstić information content (AvgIpc) is 2.48. The van der Waals surface area contributed by atoms with Crippen molar-refractivity contribution in [1.82, 2.24) is 5.32 Å². The van der Waals surface area contributed by atoms with Crippen molar-refractivity contribution in [3.8, 4) is 5.75 Å². The summed E-state index contributed by atoms with van der Waals surface area (Å²) in [5, 5.41) is 3.52. The van der Waals surface area contributed by atoms with Gasteiger partial charge in [-0.3, -0.25) is 0 Å². The van der Waals surface area contributed by atoms with Crippen molar-refractivity contribution in [1.29, 1.82) is 0 Å². The van der Waals surface area contributed by atoms with Crippen LogP contribution in [0.3, 0.4) is 0 Å². The molecule has 2 heteroatoms. The molecular formula is C18H23NO. The quantitative estimate of drug-likeness (QED) is 0.808. The van der Waals surface area contributed by atoms with E-state index in [4.69, 9.17) is 4.74 Å². The van der Waals surface area contributed by atoms with Gasteiger partial charge in [0, 0.05) is 6.54 Å². The van der Waals surface area contributed by atoms with Gasteiger partial charge in [0.1, 0.15) is 5.75 Å². The number of nitrogens with one attached hydrogen (secondary N) is 1. The number of hydrogen-bond acceptors (Lipinski definition) is 2. The first-order valence-electron chi connectivity index (χ1n) is 7.09. The van der Waals surface area contributed by atoms with Crippen LogP contribution in [0.25, 0.3) is 0 Å². The van der Waals surface area contributed by atoms with Crippen LogP contribution in [0.4, 0.5) is 0 Å². The normalized spacial score (nSPS) is 10.6. The number of methoxy groups -OCH3 is 1. The van der Waals surface area contributed by atoms with Gasteiger partial charge >= 0.3 is 0 Å². The van der Waals surface area contributed by atoms with Crippen LogP contribution in [0, 0.1) is 13.8 Å². The third kappa shape index (κ3) is 3.84. The van der Waals surface area contributed by atoms with Crippen molar-refractivity contribution < 1.29 is 4.74 Å². The van der Waals surface area contributed by atoms with E-state index in [0.717, 1.165) is 25.3 Å². The molecule has 2 nitrogen and oxygen atoms in total. The summed E-state index contributed by atoms with van der Waals surface area (Å²) in [6.07, 6.45) is 1.04. The van der Waals surface area contributed by atoms with Crippen LogP contribution in [-0.4, -0.2) is 13.7 Å². The summed E-state index contributed by atoms with van der Waals surface area (Å²) < 4.78 is 5.16. The first-order valence-corrected chi connectivity index (χ1v) is 7.09. The van der Waals surface area contributed by atoms with Crippen molar-refractivity contribution in [3.05, 3.63) is 64.7 Å². The highest BCUT2D eigenvalue weighted by Crippen LogP contribution is 2.13. The maximum Gasteiger partial charge on any atom is 0.118 e. The fourth-order valence-corrected chi connectivity index (χ4v) is 2.25. The molecule has 0 bridgehead atoms. The third-order valence-corrected chi connectivity index (χ3v) is 3.78. The highest BCUT2D eigenvalue weighted by atomic mass is 16.5. The molecule has 2 aromatic rings. The Hall–Kier alpha value is -1.80. The molecule has 0 radical (unpaired) electrons. The lowest BCUT2D eigenvalue weighted by molar-refractivity contribution is 0.414. The van der Waals surface area contributed by atoms with Gasteiger partial charge in [-0.25, -0.2) is 0 Å². The molecule has 0 atom stereocenters. The second-order valence-electron chi connectivity index (χ2n) is 5.13. The van der Waals surface area contributed by atoms with E-state index in [9.17, 15) is 0 Å². The minimum atomic E-state index is 0.914. The van der Waals surface area contributed by atoms with Crippen LogP contribution in [-0.2, 0) is 13.0 Å². The number of hydrogen-bond donors (Lipinski definition) is 1. The molecule has 0 unspecified atom stereocenters. The Morgan fingerprint density at radius 3 is 2.45 bits per heavy atom. The summed E-state index contributed by atoms with van der Waals surface area (Å²) in [5.41, 5.74) is 5.47. The molecule has 20 heavy (non-hydrogen) atoms. The second kappa shape index (κ2) is 7.11. The highest BCUT2D eigenvalue weighted by Gasteiger charge is 2.00. The predicted molar refractivity (Wildman–Crippen MR) is 84.3 cm³/mol. The molecule has 0 saturated heterocycles.